The Labute approximate surface area is 125 Å². The lowest BCUT2D eigenvalue weighted by Crippen LogP contribution is -2.50. The predicted molar refractivity (Wildman–Crippen MR) is 79.9 cm³/mol. The van der Waals surface area contributed by atoms with E-state index >= 15 is 0 Å². The molecule has 6 heteroatoms. The number of ether oxygens (including phenoxy) is 1. The number of rotatable bonds is 5. The van der Waals surface area contributed by atoms with Gasteiger partial charge in [0.2, 0.25) is 0 Å². The van der Waals surface area contributed by atoms with Crippen molar-refractivity contribution in [3.63, 3.8) is 0 Å². The normalized spacial score (nSPS) is 23.7. The summed E-state index contributed by atoms with van der Waals surface area (Å²) in [6.07, 6.45) is 1.67. The second kappa shape index (κ2) is 6.89. The number of halogens is 1. The minimum absolute atomic E-state index is 0.0787. The van der Waals surface area contributed by atoms with Crippen molar-refractivity contribution in [1.29, 1.82) is 0 Å². The second-order valence-corrected chi connectivity index (χ2v) is 7.48. The molecule has 0 radical (unpaired) electrons. The van der Waals surface area contributed by atoms with E-state index in [2.05, 4.69) is 12.2 Å². The monoisotopic (exact) mass is 317 g/mol. The van der Waals surface area contributed by atoms with Gasteiger partial charge in [0.15, 0.2) is 9.84 Å². The van der Waals surface area contributed by atoms with Crippen LogP contribution in [0, 0.1) is 0 Å². The first-order valence-electron chi connectivity index (χ1n) is 6.87. The lowest BCUT2D eigenvalue weighted by Gasteiger charge is -2.32. The highest BCUT2D eigenvalue weighted by atomic mass is 35.5. The van der Waals surface area contributed by atoms with Crippen molar-refractivity contribution < 1.29 is 13.2 Å². The van der Waals surface area contributed by atoms with Gasteiger partial charge >= 0.3 is 0 Å². The molecule has 20 heavy (non-hydrogen) atoms. The van der Waals surface area contributed by atoms with Gasteiger partial charge in [0.25, 0.3) is 0 Å². The van der Waals surface area contributed by atoms with Gasteiger partial charge in [-0.05, 0) is 31.5 Å². The summed E-state index contributed by atoms with van der Waals surface area (Å²) in [5.74, 6) is 0. The third-order valence-corrected chi connectivity index (χ3v) is 6.17. The Morgan fingerprint density at radius 1 is 1.40 bits per heavy atom. The minimum atomic E-state index is -3.49. The van der Waals surface area contributed by atoms with Crippen molar-refractivity contribution in [2.24, 2.45) is 0 Å². The molecule has 1 aliphatic heterocycles. The van der Waals surface area contributed by atoms with Gasteiger partial charge in [-0.2, -0.15) is 0 Å². The fourth-order valence-corrected chi connectivity index (χ4v) is 4.75. The molecule has 4 nitrogen and oxygen atoms in total. The average molecular weight is 318 g/mol. The Balaban J connectivity index is 2.28. The van der Waals surface area contributed by atoms with Crippen molar-refractivity contribution in [2.75, 3.05) is 19.8 Å². The van der Waals surface area contributed by atoms with Crippen LogP contribution in [-0.4, -0.2) is 39.5 Å². The average Bonchev–Trinajstić information content (AvgIpc) is 2.45. The highest BCUT2D eigenvalue weighted by Gasteiger charge is 2.37. The Kier molecular flexibility index (Phi) is 5.43. The summed E-state index contributed by atoms with van der Waals surface area (Å²) in [7, 11) is -3.49. The summed E-state index contributed by atoms with van der Waals surface area (Å²) in [5.41, 5.74) is 0. The van der Waals surface area contributed by atoms with E-state index in [9.17, 15) is 8.42 Å². The number of hydrogen-bond donors (Lipinski definition) is 1. The lowest BCUT2D eigenvalue weighted by atomic mass is 10.1. The third-order valence-electron chi connectivity index (χ3n) is 3.50. The molecule has 2 atom stereocenters. The van der Waals surface area contributed by atoms with Gasteiger partial charge in [0, 0.05) is 12.6 Å². The van der Waals surface area contributed by atoms with Gasteiger partial charge in [-0.15, -0.1) is 0 Å². The van der Waals surface area contributed by atoms with Gasteiger partial charge in [-0.25, -0.2) is 8.42 Å². The molecule has 2 rings (SSSR count). The van der Waals surface area contributed by atoms with E-state index in [1.807, 2.05) is 0 Å². The Bertz CT molecular complexity index is 547. The zero-order valence-electron chi connectivity index (χ0n) is 11.5. The molecule has 1 saturated heterocycles. The van der Waals surface area contributed by atoms with Crippen molar-refractivity contribution in [3.8, 4) is 0 Å². The van der Waals surface area contributed by atoms with Gasteiger partial charge in [0.1, 0.15) is 5.25 Å². The topological polar surface area (TPSA) is 55.4 Å². The first-order chi connectivity index (χ1) is 9.57. The summed E-state index contributed by atoms with van der Waals surface area (Å²) >= 11 is 6.04. The first-order valence-corrected chi connectivity index (χ1v) is 8.79. The Hall–Kier alpha value is -0.620. The molecule has 1 aliphatic rings. The SMILES string of the molecule is CCCNC1CCOCC1S(=O)(=O)c1ccccc1Cl. The van der Waals surface area contributed by atoms with Crippen LogP contribution in [0.2, 0.25) is 5.02 Å². The molecule has 2 unspecified atom stereocenters. The van der Waals surface area contributed by atoms with Crippen LogP contribution in [0.15, 0.2) is 29.2 Å². The highest BCUT2D eigenvalue weighted by Crippen LogP contribution is 2.28. The minimum Gasteiger partial charge on any atom is -0.380 e. The molecule has 1 aromatic carbocycles. The van der Waals surface area contributed by atoms with Crippen LogP contribution in [-0.2, 0) is 14.6 Å². The highest BCUT2D eigenvalue weighted by molar-refractivity contribution is 7.92. The van der Waals surface area contributed by atoms with E-state index in [1.165, 1.54) is 0 Å². The number of hydrogen-bond acceptors (Lipinski definition) is 4. The zero-order chi connectivity index (χ0) is 14.6. The van der Waals surface area contributed by atoms with Crippen LogP contribution < -0.4 is 5.32 Å². The number of nitrogens with one attached hydrogen (secondary N) is 1. The van der Waals surface area contributed by atoms with Crippen molar-refractivity contribution in [2.45, 2.75) is 36.0 Å². The quantitative estimate of drug-likeness (QED) is 0.905. The molecule has 0 aliphatic carbocycles. The maximum atomic E-state index is 12.8. The Morgan fingerprint density at radius 2 is 2.15 bits per heavy atom. The molecule has 112 valence electrons. The van der Waals surface area contributed by atoms with Crippen LogP contribution in [0.5, 0.6) is 0 Å². The summed E-state index contributed by atoms with van der Waals surface area (Å²) in [6.45, 7) is 3.67. The fraction of sp³-hybridized carbons (Fsp3) is 0.571. The molecule has 0 spiro atoms. The van der Waals surface area contributed by atoms with Gasteiger partial charge < -0.3 is 10.1 Å². The van der Waals surface area contributed by atoms with Crippen molar-refractivity contribution >= 4 is 21.4 Å². The van der Waals surface area contributed by atoms with Crippen molar-refractivity contribution in [1.82, 2.24) is 5.32 Å². The van der Waals surface area contributed by atoms with Crippen LogP contribution >= 0.6 is 11.6 Å². The van der Waals surface area contributed by atoms with Crippen molar-refractivity contribution in [3.05, 3.63) is 29.3 Å². The maximum Gasteiger partial charge on any atom is 0.186 e. The van der Waals surface area contributed by atoms with Crippen LogP contribution in [0.25, 0.3) is 0 Å². The molecular formula is C14H20ClNO3S. The molecule has 0 bridgehead atoms. The van der Waals surface area contributed by atoms with Gasteiger partial charge in [-0.3, -0.25) is 0 Å². The van der Waals surface area contributed by atoms with E-state index < -0.39 is 15.1 Å². The summed E-state index contributed by atoms with van der Waals surface area (Å²) in [6, 6.07) is 6.50. The summed E-state index contributed by atoms with van der Waals surface area (Å²) in [4.78, 5) is 0.195. The largest absolute Gasteiger partial charge is 0.380 e. The third kappa shape index (κ3) is 3.34. The Morgan fingerprint density at radius 3 is 2.85 bits per heavy atom. The molecule has 1 aromatic rings. The van der Waals surface area contributed by atoms with Crippen LogP contribution in [0.3, 0.4) is 0 Å². The summed E-state index contributed by atoms with van der Waals surface area (Å²) < 4.78 is 30.9. The standard InChI is InChI=1S/C14H20ClNO3S/c1-2-8-16-12-7-9-19-10-14(12)20(17,18)13-6-4-3-5-11(13)15/h3-6,12,14,16H,2,7-10H2,1H3. The van der Waals surface area contributed by atoms with E-state index in [1.54, 1.807) is 24.3 Å². The molecule has 1 N–H and O–H groups in total. The predicted octanol–water partition coefficient (Wildman–Crippen LogP) is 2.27. The molecule has 1 fully saturated rings. The van der Waals surface area contributed by atoms with E-state index in [-0.39, 0.29) is 22.6 Å². The lowest BCUT2D eigenvalue weighted by molar-refractivity contribution is 0.0808. The maximum absolute atomic E-state index is 12.8. The van der Waals surface area contributed by atoms with Gasteiger partial charge in [0.05, 0.1) is 16.5 Å². The van der Waals surface area contributed by atoms with Crippen LogP contribution in [0.1, 0.15) is 19.8 Å². The van der Waals surface area contributed by atoms with Gasteiger partial charge in [-0.1, -0.05) is 30.7 Å². The molecule has 0 aromatic heterocycles. The summed E-state index contributed by atoms with van der Waals surface area (Å²) in [5, 5.41) is 3.00. The molecular weight excluding hydrogens is 298 g/mol. The van der Waals surface area contributed by atoms with E-state index in [4.69, 9.17) is 16.3 Å². The first kappa shape index (κ1) is 15.8. The number of sulfone groups is 1. The molecule has 0 saturated carbocycles. The second-order valence-electron chi connectivity index (χ2n) is 4.94. The smallest absolute Gasteiger partial charge is 0.186 e. The number of benzene rings is 1. The van der Waals surface area contributed by atoms with E-state index in [0.717, 1.165) is 13.0 Å². The molecule has 0 amide bonds. The molecule has 1 heterocycles. The zero-order valence-corrected chi connectivity index (χ0v) is 13.1. The van der Waals surface area contributed by atoms with E-state index in [0.29, 0.717) is 13.0 Å². The fourth-order valence-electron chi connectivity index (χ4n) is 2.42. The van der Waals surface area contributed by atoms with Crippen LogP contribution in [0.4, 0.5) is 0 Å².